The van der Waals surface area contributed by atoms with Gasteiger partial charge in [0.15, 0.2) is 5.52 Å². The molecule has 0 aliphatic carbocycles. The van der Waals surface area contributed by atoms with E-state index in [0.29, 0.717) is 6.42 Å². The van der Waals surface area contributed by atoms with Crippen LogP contribution in [0.5, 0.6) is 0 Å². The van der Waals surface area contributed by atoms with Crippen LogP contribution in [-0.4, -0.2) is 27.8 Å². The number of carbonyl (C=O) groups excluding carboxylic acids is 3. The van der Waals surface area contributed by atoms with E-state index in [4.69, 9.17) is 0 Å². The topological polar surface area (TPSA) is 54.5 Å². The predicted octanol–water partition coefficient (Wildman–Crippen LogP) is 1.51. The summed E-state index contributed by atoms with van der Waals surface area (Å²) in [5.41, 5.74) is -1.29. The molecule has 0 spiro atoms. The Morgan fingerprint density at radius 3 is 1.94 bits per heavy atom. The van der Waals surface area contributed by atoms with E-state index in [1.807, 2.05) is 13.8 Å². The fourth-order valence-corrected chi connectivity index (χ4v) is 2.35. The van der Waals surface area contributed by atoms with E-state index in [1.54, 1.807) is 13.8 Å². The molecule has 0 bridgehead atoms. The Morgan fingerprint density at radius 2 is 1.59 bits per heavy atom. The zero-order chi connectivity index (χ0) is 13.4. The maximum atomic E-state index is 11.6. The standard InChI is InChI=1S/C12H18NO3P/c1-11(2,10(16)17)7-12(3,4)13-8(14)5-6-9(13)15/h5-6H,7,17H2,1-4H3. The number of carbonyl (C=O) groups is 3. The van der Waals surface area contributed by atoms with Gasteiger partial charge >= 0.3 is 0 Å². The third kappa shape index (κ3) is 2.81. The first-order chi connectivity index (χ1) is 7.58. The number of nitrogens with zero attached hydrogens (tertiary/aromatic N) is 1. The van der Waals surface area contributed by atoms with Crippen LogP contribution in [0.25, 0.3) is 0 Å². The lowest BCUT2D eigenvalue weighted by Gasteiger charge is -2.39. The van der Waals surface area contributed by atoms with Crippen molar-refractivity contribution in [3.05, 3.63) is 12.2 Å². The summed E-state index contributed by atoms with van der Waals surface area (Å²) in [6, 6.07) is 0. The molecule has 1 aliphatic heterocycles. The summed E-state index contributed by atoms with van der Waals surface area (Å²) in [6.07, 6.45) is 2.96. The summed E-state index contributed by atoms with van der Waals surface area (Å²) in [6.45, 7) is 7.21. The fourth-order valence-electron chi connectivity index (χ4n) is 2.24. The zero-order valence-electron chi connectivity index (χ0n) is 10.6. The molecule has 0 aromatic carbocycles. The van der Waals surface area contributed by atoms with Gasteiger partial charge in [0.2, 0.25) is 0 Å². The van der Waals surface area contributed by atoms with Crippen molar-refractivity contribution in [1.29, 1.82) is 0 Å². The van der Waals surface area contributed by atoms with Crippen molar-refractivity contribution in [1.82, 2.24) is 4.90 Å². The highest BCUT2D eigenvalue weighted by atomic mass is 31.0. The SMILES string of the molecule is CC(C)(CC(C)(C)N1C(=O)C=CC1=O)C(=O)P. The first-order valence-corrected chi connectivity index (χ1v) is 6.02. The lowest BCUT2D eigenvalue weighted by atomic mass is 9.80. The van der Waals surface area contributed by atoms with Crippen LogP contribution in [0, 0.1) is 5.41 Å². The molecule has 1 rings (SSSR count). The van der Waals surface area contributed by atoms with Crippen molar-refractivity contribution >= 4 is 26.6 Å². The minimum atomic E-state index is -0.673. The van der Waals surface area contributed by atoms with Crippen LogP contribution in [0.1, 0.15) is 34.1 Å². The summed E-state index contributed by atoms with van der Waals surface area (Å²) in [4.78, 5) is 35.9. The predicted molar refractivity (Wildman–Crippen MR) is 68.2 cm³/mol. The molecule has 1 atom stereocenters. The first-order valence-electron chi connectivity index (χ1n) is 5.44. The molecule has 5 heteroatoms. The third-order valence-corrected chi connectivity index (χ3v) is 3.74. The second kappa shape index (κ2) is 4.34. The van der Waals surface area contributed by atoms with Crippen molar-refractivity contribution in [3.8, 4) is 0 Å². The zero-order valence-corrected chi connectivity index (χ0v) is 11.8. The fraction of sp³-hybridized carbons (Fsp3) is 0.583. The summed E-state index contributed by atoms with van der Waals surface area (Å²) in [7, 11) is 2.16. The normalized spacial score (nSPS) is 16.9. The molecular formula is C12H18NO3P. The van der Waals surface area contributed by atoms with Crippen molar-refractivity contribution in [2.24, 2.45) is 5.41 Å². The third-order valence-electron chi connectivity index (χ3n) is 2.96. The van der Waals surface area contributed by atoms with E-state index in [-0.39, 0.29) is 17.3 Å². The average Bonchev–Trinajstić information content (AvgIpc) is 2.44. The van der Waals surface area contributed by atoms with Crippen LogP contribution in [0.2, 0.25) is 0 Å². The maximum absolute atomic E-state index is 11.6. The Kier molecular flexibility index (Phi) is 3.58. The molecule has 94 valence electrons. The summed E-state index contributed by atoms with van der Waals surface area (Å²) in [5, 5.41) is 0. The second-order valence-corrected chi connectivity index (χ2v) is 6.11. The van der Waals surface area contributed by atoms with Crippen molar-refractivity contribution in [2.45, 2.75) is 39.7 Å². The Morgan fingerprint density at radius 1 is 1.18 bits per heavy atom. The van der Waals surface area contributed by atoms with E-state index < -0.39 is 11.0 Å². The molecule has 1 unspecified atom stereocenters. The Bertz CT molecular complexity index is 392. The number of hydrogen-bond donors (Lipinski definition) is 0. The van der Waals surface area contributed by atoms with Gasteiger partial charge < -0.3 is 0 Å². The van der Waals surface area contributed by atoms with Crippen molar-refractivity contribution in [2.75, 3.05) is 0 Å². The highest BCUT2D eigenvalue weighted by molar-refractivity contribution is 7.40. The molecule has 2 amide bonds. The van der Waals surface area contributed by atoms with Crippen LogP contribution < -0.4 is 0 Å². The molecule has 0 aromatic heterocycles. The number of rotatable bonds is 4. The van der Waals surface area contributed by atoms with Gasteiger partial charge in [-0.1, -0.05) is 23.1 Å². The summed E-state index contributed by atoms with van der Waals surface area (Å²) in [5.74, 6) is -0.626. The van der Waals surface area contributed by atoms with Gasteiger partial charge in [-0.2, -0.15) is 0 Å². The second-order valence-electron chi connectivity index (χ2n) is 5.58. The maximum Gasteiger partial charge on any atom is 0.254 e. The quantitative estimate of drug-likeness (QED) is 0.565. The number of imide groups is 1. The highest BCUT2D eigenvalue weighted by Gasteiger charge is 2.42. The molecule has 17 heavy (non-hydrogen) atoms. The van der Waals surface area contributed by atoms with Crippen molar-refractivity contribution < 1.29 is 14.4 Å². The molecule has 0 radical (unpaired) electrons. The van der Waals surface area contributed by atoms with Crippen LogP contribution in [0.4, 0.5) is 0 Å². The van der Waals surface area contributed by atoms with Gasteiger partial charge in [-0.3, -0.25) is 19.3 Å². The van der Waals surface area contributed by atoms with Gasteiger partial charge in [-0.05, 0) is 20.3 Å². The molecular weight excluding hydrogens is 237 g/mol. The number of amides is 2. The molecule has 1 heterocycles. The minimum Gasteiger partial charge on any atom is -0.295 e. The van der Waals surface area contributed by atoms with Gasteiger partial charge in [-0.15, -0.1) is 0 Å². The molecule has 0 aromatic rings. The van der Waals surface area contributed by atoms with Gasteiger partial charge in [0.05, 0.1) is 0 Å². The molecule has 0 saturated carbocycles. The molecule has 0 N–H and O–H groups in total. The van der Waals surface area contributed by atoms with E-state index in [0.717, 1.165) is 0 Å². The van der Waals surface area contributed by atoms with Crippen LogP contribution >= 0.6 is 9.24 Å². The summed E-state index contributed by atoms with van der Waals surface area (Å²) >= 11 is 0. The molecule has 0 saturated heterocycles. The lowest BCUT2D eigenvalue weighted by Crippen LogP contribution is -2.50. The van der Waals surface area contributed by atoms with E-state index in [9.17, 15) is 14.4 Å². The summed E-state index contributed by atoms with van der Waals surface area (Å²) < 4.78 is 0. The van der Waals surface area contributed by atoms with Crippen LogP contribution in [0.15, 0.2) is 12.2 Å². The van der Waals surface area contributed by atoms with Crippen LogP contribution in [-0.2, 0) is 14.4 Å². The number of hydrogen-bond acceptors (Lipinski definition) is 3. The molecule has 1 aliphatic rings. The smallest absolute Gasteiger partial charge is 0.254 e. The lowest BCUT2D eigenvalue weighted by molar-refractivity contribution is -0.145. The van der Waals surface area contributed by atoms with Gasteiger partial charge in [0.25, 0.3) is 11.8 Å². The largest absolute Gasteiger partial charge is 0.295 e. The van der Waals surface area contributed by atoms with E-state index >= 15 is 0 Å². The van der Waals surface area contributed by atoms with Gasteiger partial charge in [0.1, 0.15) is 0 Å². The first kappa shape index (κ1) is 14.0. The Labute approximate surface area is 104 Å². The highest BCUT2D eigenvalue weighted by Crippen LogP contribution is 2.35. The van der Waals surface area contributed by atoms with Gasteiger partial charge in [-0.25, -0.2) is 0 Å². The average molecular weight is 255 g/mol. The monoisotopic (exact) mass is 255 g/mol. The van der Waals surface area contributed by atoms with Gasteiger partial charge in [0, 0.05) is 23.1 Å². The van der Waals surface area contributed by atoms with Crippen molar-refractivity contribution in [3.63, 3.8) is 0 Å². The Balaban J connectivity index is 2.93. The molecule has 4 nitrogen and oxygen atoms in total. The van der Waals surface area contributed by atoms with Crippen LogP contribution in [0.3, 0.4) is 0 Å². The Hall–Kier alpha value is -1.02. The van der Waals surface area contributed by atoms with E-state index in [1.165, 1.54) is 17.1 Å². The molecule has 0 fully saturated rings. The van der Waals surface area contributed by atoms with E-state index in [2.05, 4.69) is 9.24 Å². The minimum absolute atomic E-state index is 0.0300.